The third kappa shape index (κ3) is 8.41. The molecule has 38 heavy (non-hydrogen) atoms. The second-order valence-corrected chi connectivity index (χ2v) is 10.7. The van der Waals surface area contributed by atoms with Gasteiger partial charge in [-0.05, 0) is 88.9 Å². The van der Waals surface area contributed by atoms with E-state index in [1.807, 2.05) is 45.9 Å². The highest BCUT2D eigenvalue weighted by Gasteiger charge is 2.38. The number of alkyl carbamates (subject to hydrolysis) is 1. The van der Waals surface area contributed by atoms with E-state index in [-0.39, 0.29) is 17.7 Å². The molecule has 0 fully saturated rings. The Kier molecular flexibility index (Phi) is 11.1. The molecular weight excluding hydrogens is 502 g/mol. The quantitative estimate of drug-likeness (QED) is 0.347. The molecule has 208 valence electrons. The highest BCUT2D eigenvalue weighted by Crippen LogP contribution is 2.29. The third-order valence-electron chi connectivity index (χ3n) is 6.22. The van der Waals surface area contributed by atoms with Gasteiger partial charge in [0.1, 0.15) is 23.4 Å². The number of nitrogens with zero attached hydrogens (tertiary/aromatic N) is 1. The van der Waals surface area contributed by atoms with E-state index in [4.69, 9.17) is 9.47 Å². The number of thiol groups is 1. The molecule has 3 atom stereocenters. The zero-order chi connectivity index (χ0) is 28.6. The van der Waals surface area contributed by atoms with Crippen LogP contribution in [0, 0.1) is 13.8 Å². The first-order chi connectivity index (χ1) is 17.8. The van der Waals surface area contributed by atoms with Crippen LogP contribution < -0.4 is 15.4 Å². The average Bonchev–Trinajstić information content (AvgIpc) is 2.86. The first kappa shape index (κ1) is 31.0. The van der Waals surface area contributed by atoms with Crippen LogP contribution >= 0.6 is 12.6 Å². The van der Waals surface area contributed by atoms with Crippen LogP contribution in [-0.4, -0.2) is 53.4 Å². The number of ether oxygens (including phenoxy) is 2. The van der Waals surface area contributed by atoms with Crippen molar-refractivity contribution in [2.45, 2.75) is 78.6 Å². The highest BCUT2D eigenvalue weighted by atomic mass is 32.1. The SMILES string of the molecule is CCC(C)N(C(=O)C(CS)NC(=O)OC(C)(C)C)C(C(=O)Nc1ccc(OC)cc1)c1ccc(C)c(C)c1. The van der Waals surface area contributed by atoms with E-state index >= 15 is 0 Å². The van der Waals surface area contributed by atoms with E-state index in [0.717, 1.165) is 11.1 Å². The zero-order valence-electron chi connectivity index (χ0n) is 23.6. The molecule has 3 unspecified atom stereocenters. The van der Waals surface area contributed by atoms with Crippen molar-refractivity contribution in [1.29, 1.82) is 0 Å². The predicted octanol–water partition coefficient (Wildman–Crippen LogP) is 5.44. The standard InChI is InChI=1S/C29H41N3O5S/c1-9-20(4)32(27(34)24(17-38)31-28(35)37-29(5,6)7)25(21-11-10-18(2)19(3)16-21)26(33)30-22-12-14-23(36-8)15-13-22/h10-16,20,24-25,38H,9,17H2,1-8H3,(H,30,33)(H,31,35). The lowest BCUT2D eigenvalue weighted by atomic mass is 9.96. The van der Waals surface area contributed by atoms with Gasteiger partial charge in [0.2, 0.25) is 5.91 Å². The number of nitrogens with one attached hydrogen (secondary N) is 2. The molecule has 0 heterocycles. The third-order valence-corrected chi connectivity index (χ3v) is 6.59. The summed E-state index contributed by atoms with van der Waals surface area (Å²) in [5.74, 6) is -0.101. The summed E-state index contributed by atoms with van der Waals surface area (Å²) < 4.78 is 10.6. The lowest BCUT2D eigenvalue weighted by Crippen LogP contribution is -2.55. The second kappa shape index (κ2) is 13.6. The van der Waals surface area contributed by atoms with Crippen molar-refractivity contribution in [1.82, 2.24) is 10.2 Å². The van der Waals surface area contributed by atoms with Gasteiger partial charge in [-0.15, -0.1) is 0 Å². The Labute approximate surface area is 231 Å². The number of carbonyl (C=O) groups excluding carboxylic acids is 3. The number of hydrogen-bond acceptors (Lipinski definition) is 6. The normalized spacial score (nSPS) is 13.6. The van der Waals surface area contributed by atoms with E-state index in [2.05, 4.69) is 23.3 Å². The molecule has 0 saturated carbocycles. The fourth-order valence-corrected chi connectivity index (χ4v) is 4.12. The number of amides is 3. The number of anilines is 1. The van der Waals surface area contributed by atoms with Gasteiger partial charge in [-0.3, -0.25) is 9.59 Å². The summed E-state index contributed by atoms with van der Waals surface area (Å²) in [7, 11) is 1.57. The Balaban J connectivity index is 2.52. The van der Waals surface area contributed by atoms with Gasteiger partial charge in [-0.2, -0.15) is 12.6 Å². The molecule has 0 aliphatic heterocycles. The molecule has 0 aliphatic rings. The van der Waals surface area contributed by atoms with Crippen molar-refractivity contribution < 1.29 is 23.9 Å². The molecule has 2 aromatic carbocycles. The molecular formula is C29H41N3O5S. The van der Waals surface area contributed by atoms with Crippen molar-refractivity contribution in [2.24, 2.45) is 0 Å². The van der Waals surface area contributed by atoms with Gasteiger partial charge < -0.3 is 25.0 Å². The van der Waals surface area contributed by atoms with Gasteiger partial charge in [0.15, 0.2) is 0 Å². The molecule has 0 bridgehead atoms. The minimum atomic E-state index is -0.995. The number of rotatable bonds is 10. The molecule has 2 aromatic rings. The topological polar surface area (TPSA) is 97.0 Å². The van der Waals surface area contributed by atoms with E-state index in [9.17, 15) is 14.4 Å². The van der Waals surface area contributed by atoms with Gasteiger partial charge in [0.05, 0.1) is 7.11 Å². The minimum absolute atomic E-state index is 0.0325. The first-order valence-electron chi connectivity index (χ1n) is 12.8. The van der Waals surface area contributed by atoms with Crippen molar-refractivity contribution in [2.75, 3.05) is 18.2 Å². The van der Waals surface area contributed by atoms with Crippen LogP contribution in [0.3, 0.4) is 0 Å². The average molecular weight is 544 g/mol. The maximum absolute atomic E-state index is 14.0. The van der Waals surface area contributed by atoms with E-state index in [1.54, 1.807) is 57.0 Å². The van der Waals surface area contributed by atoms with E-state index in [0.29, 0.717) is 23.4 Å². The fraction of sp³-hybridized carbons (Fsp3) is 0.483. The molecule has 0 aromatic heterocycles. The monoisotopic (exact) mass is 543 g/mol. The van der Waals surface area contributed by atoms with Crippen molar-refractivity contribution in [3.63, 3.8) is 0 Å². The van der Waals surface area contributed by atoms with Crippen LogP contribution in [0.25, 0.3) is 0 Å². The summed E-state index contributed by atoms with van der Waals surface area (Å²) >= 11 is 4.34. The largest absolute Gasteiger partial charge is 0.497 e. The van der Waals surface area contributed by atoms with Crippen LogP contribution in [-0.2, 0) is 14.3 Å². The molecule has 2 N–H and O–H groups in total. The summed E-state index contributed by atoms with van der Waals surface area (Å²) in [4.78, 5) is 41.9. The van der Waals surface area contributed by atoms with Gasteiger partial charge in [0, 0.05) is 17.5 Å². The lowest BCUT2D eigenvalue weighted by molar-refractivity contribution is -0.142. The van der Waals surface area contributed by atoms with Gasteiger partial charge in [-0.25, -0.2) is 4.79 Å². The lowest BCUT2D eigenvalue weighted by Gasteiger charge is -2.38. The molecule has 0 aliphatic carbocycles. The van der Waals surface area contributed by atoms with Gasteiger partial charge in [0.25, 0.3) is 5.91 Å². The summed E-state index contributed by atoms with van der Waals surface area (Å²) in [6.07, 6.45) is -0.131. The summed E-state index contributed by atoms with van der Waals surface area (Å²) in [5.41, 5.74) is 2.58. The number of methoxy groups -OCH3 is 1. The molecule has 0 radical (unpaired) electrons. The molecule has 2 rings (SSSR count). The number of aryl methyl sites for hydroxylation is 2. The Morgan fingerprint density at radius 1 is 1.03 bits per heavy atom. The van der Waals surface area contributed by atoms with Crippen LogP contribution in [0.5, 0.6) is 5.75 Å². The Hall–Kier alpha value is -3.20. The number of benzene rings is 2. The maximum atomic E-state index is 14.0. The smallest absolute Gasteiger partial charge is 0.408 e. The van der Waals surface area contributed by atoms with Crippen molar-refractivity contribution in [3.05, 3.63) is 59.2 Å². The molecule has 8 nitrogen and oxygen atoms in total. The zero-order valence-corrected chi connectivity index (χ0v) is 24.5. The number of carbonyl (C=O) groups is 3. The van der Waals surface area contributed by atoms with Crippen molar-refractivity contribution in [3.8, 4) is 5.75 Å². The van der Waals surface area contributed by atoms with Gasteiger partial charge in [-0.1, -0.05) is 25.1 Å². The maximum Gasteiger partial charge on any atom is 0.408 e. The second-order valence-electron chi connectivity index (χ2n) is 10.3. The van der Waals surface area contributed by atoms with Gasteiger partial charge >= 0.3 is 6.09 Å². The Bertz CT molecular complexity index is 1110. The molecule has 0 spiro atoms. The Morgan fingerprint density at radius 3 is 2.16 bits per heavy atom. The highest BCUT2D eigenvalue weighted by molar-refractivity contribution is 7.80. The first-order valence-corrected chi connectivity index (χ1v) is 13.4. The van der Waals surface area contributed by atoms with E-state index < -0.39 is 29.7 Å². The molecule has 9 heteroatoms. The molecule has 0 saturated heterocycles. The summed E-state index contributed by atoms with van der Waals surface area (Å²) in [5, 5.41) is 5.59. The van der Waals surface area contributed by atoms with Crippen LogP contribution in [0.15, 0.2) is 42.5 Å². The number of hydrogen-bond donors (Lipinski definition) is 3. The van der Waals surface area contributed by atoms with Crippen molar-refractivity contribution >= 4 is 36.2 Å². The van der Waals surface area contributed by atoms with E-state index in [1.165, 1.54) is 0 Å². The summed E-state index contributed by atoms with van der Waals surface area (Å²) in [6.45, 7) is 13.0. The fourth-order valence-electron chi connectivity index (χ4n) is 3.87. The summed E-state index contributed by atoms with van der Waals surface area (Å²) in [6, 6.07) is 10.4. The Morgan fingerprint density at radius 2 is 1.66 bits per heavy atom. The molecule has 3 amide bonds. The van der Waals surface area contributed by atoms with Crippen LogP contribution in [0.1, 0.15) is 63.8 Å². The van der Waals surface area contributed by atoms with Crippen LogP contribution in [0.4, 0.5) is 10.5 Å². The minimum Gasteiger partial charge on any atom is -0.497 e. The predicted molar refractivity (Wildman–Crippen MR) is 154 cm³/mol. The van der Waals surface area contributed by atoms with Crippen LogP contribution in [0.2, 0.25) is 0 Å².